The number of aliphatic hydroxyl groups is 1. The van der Waals surface area contributed by atoms with Crippen molar-refractivity contribution in [3.63, 3.8) is 0 Å². The van der Waals surface area contributed by atoms with E-state index >= 15 is 0 Å². The summed E-state index contributed by atoms with van der Waals surface area (Å²) >= 11 is 0. The molecule has 0 saturated heterocycles. The van der Waals surface area contributed by atoms with Crippen molar-refractivity contribution in [3.05, 3.63) is 39.9 Å². The Morgan fingerprint density at radius 3 is 2.86 bits per heavy atom. The summed E-state index contributed by atoms with van der Waals surface area (Å²) in [6, 6.07) is 5.80. The largest absolute Gasteiger partial charge is 0.396 e. The van der Waals surface area contributed by atoms with E-state index < -0.39 is 4.92 Å². The summed E-state index contributed by atoms with van der Waals surface area (Å²) in [5, 5.41) is 19.1. The van der Waals surface area contributed by atoms with E-state index in [2.05, 4.69) is 0 Å². The minimum atomic E-state index is -0.463. The molecular formula is C9H12N2O3. The van der Waals surface area contributed by atoms with Crippen molar-refractivity contribution >= 4 is 5.69 Å². The molecule has 5 nitrogen and oxygen atoms in total. The van der Waals surface area contributed by atoms with Crippen molar-refractivity contribution < 1.29 is 10.0 Å². The second kappa shape index (κ2) is 4.69. The smallest absolute Gasteiger partial charge is 0.269 e. The molecule has 1 rings (SSSR count). The van der Waals surface area contributed by atoms with Gasteiger partial charge in [-0.05, 0) is 12.0 Å². The lowest BCUT2D eigenvalue weighted by Gasteiger charge is -2.09. The van der Waals surface area contributed by atoms with E-state index in [1.807, 2.05) is 0 Å². The van der Waals surface area contributed by atoms with Crippen LogP contribution in [0.5, 0.6) is 0 Å². The molecule has 0 aliphatic rings. The van der Waals surface area contributed by atoms with Crippen LogP contribution < -0.4 is 5.73 Å². The fraction of sp³-hybridized carbons (Fsp3) is 0.333. The van der Waals surface area contributed by atoms with Gasteiger partial charge in [-0.3, -0.25) is 10.1 Å². The summed E-state index contributed by atoms with van der Waals surface area (Å²) in [4.78, 5) is 9.99. The molecule has 0 aromatic heterocycles. The van der Waals surface area contributed by atoms with Gasteiger partial charge in [0.1, 0.15) is 0 Å². The summed E-state index contributed by atoms with van der Waals surface area (Å²) < 4.78 is 0. The van der Waals surface area contributed by atoms with Crippen molar-refractivity contribution in [2.45, 2.75) is 12.5 Å². The van der Waals surface area contributed by atoms with Crippen LogP contribution in [0.2, 0.25) is 0 Å². The first-order valence-electron chi connectivity index (χ1n) is 4.26. The Labute approximate surface area is 81.3 Å². The molecule has 1 aromatic rings. The molecule has 0 radical (unpaired) electrons. The third-order valence-corrected chi connectivity index (χ3v) is 1.95. The number of rotatable bonds is 4. The number of nitro benzene ring substituents is 1. The standard InChI is InChI=1S/C9H12N2O3/c10-9(4-5-12)7-2-1-3-8(6-7)11(13)14/h1-3,6,9,12H,4-5,10H2/t9-/m1/s1. The first kappa shape index (κ1) is 10.6. The molecule has 0 spiro atoms. The Morgan fingerprint density at radius 1 is 1.57 bits per heavy atom. The lowest BCUT2D eigenvalue weighted by atomic mass is 10.0. The summed E-state index contributed by atoms with van der Waals surface area (Å²) in [7, 11) is 0. The van der Waals surface area contributed by atoms with E-state index in [1.54, 1.807) is 12.1 Å². The molecule has 3 N–H and O–H groups in total. The topological polar surface area (TPSA) is 89.4 Å². The maximum atomic E-state index is 10.4. The Bertz CT molecular complexity index is 328. The predicted molar refractivity (Wildman–Crippen MR) is 51.7 cm³/mol. The SMILES string of the molecule is N[C@H](CCO)c1cccc([N+](=O)[O-])c1. The fourth-order valence-electron chi connectivity index (χ4n) is 1.17. The Morgan fingerprint density at radius 2 is 2.29 bits per heavy atom. The van der Waals surface area contributed by atoms with Crippen LogP contribution in [0.15, 0.2) is 24.3 Å². The number of nitro groups is 1. The van der Waals surface area contributed by atoms with Gasteiger partial charge in [-0.2, -0.15) is 0 Å². The van der Waals surface area contributed by atoms with Crippen molar-refractivity contribution in [1.29, 1.82) is 0 Å². The Balaban J connectivity index is 2.87. The number of benzene rings is 1. The second-order valence-corrected chi connectivity index (χ2v) is 2.97. The minimum absolute atomic E-state index is 0.0239. The molecule has 0 amide bonds. The Kier molecular flexibility index (Phi) is 3.55. The van der Waals surface area contributed by atoms with Gasteiger partial charge in [-0.1, -0.05) is 12.1 Å². The molecular weight excluding hydrogens is 184 g/mol. The van der Waals surface area contributed by atoms with Gasteiger partial charge in [0.15, 0.2) is 0 Å². The highest BCUT2D eigenvalue weighted by atomic mass is 16.6. The van der Waals surface area contributed by atoms with Crippen LogP contribution in [0.1, 0.15) is 18.0 Å². The van der Waals surface area contributed by atoms with Crippen LogP contribution in [0.25, 0.3) is 0 Å². The highest BCUT2D eigenvalue weighted by molar-refractivity contribution is 5.35. The van der Waals surface area contributed by atoms with Gasteiger partial charge in [-0.25, -0.2) is 0 Å². The number of nitrogens with zero attached hydrogens (tertiary/aromatic N) is 1. The van der Waals surface area contributed by atoms with Gasteiger partial charge in [0, 0.05) is 24.8 Å². The van der Waals surface area contributed by atoms with Crippen LogP contribution in [0.3, 0.4) is 0 Å². The van der Waals surface area contributed by atoms with Crippen molar-refractivity contribution in [1.82, 2.24) is 0 Å². The molecule has 5 heteroatoms. The van der Waals surface area contributed by atoms with E-state index in [0.717, 1.165) is 0 Å². The summed E-state index contributed by atoms with van der Waals surface area (Å²) in [6.45, 7) is -0.0239. The van der Waals surface area contributed by atoms with E-state index in [0.29, 0.717) is 12.0 Å². The van der Waals surface area contributed by atoms with Crippen molar-refractivity contribution in [2.24, 2.45) is 5.73 Å². The molecule has 0 bridgehead atoms. The molecule has 1 aromatic carbocycles. The quantitative estimate of drug-likeness (QED) is 0.554. The second-order valence-electron chi connectivity index (χ2n) is 2.97. The van der Waals surface area contributed by atoms with E-state index in [-0.39, 0.29) is 18.3 Å². The predicted octanol–water partition coefficient (Wildman–Crippen LogP) is 0.977. The number of nitrogens with two attached hydrogens (primary N) is 1. The van der Waals surface area contributed by atoms with Gasteiger partial charge in [0.2, 0.25) is 0 Å². The first-order chi connectivity index (χ1) is 6.65. The molecule has 0 heterocycles. The Hall–Kier alpha value is -1.46. The zero-order valence-electron chi connectivity index (χ0n) is 7.59. The fourth-order valence-corrected chi connectivity index (χ4v) is 1.17. The van der Waals surface area contributed by atoms with E-state index in [9.17, 15) is 10.1 Å². The van der Waals surface area contributed by atoms with E-state index in [4.69, 9.17) is 10.8 Å². The van der Waals surface area contributed by atoms with Crippen molar-refractivity contribution in [3.8, 4) is 0 Å². The van der Waals surface area contributed by atoms with Gasteiger partial charge in [0.25, 0.3) is 5.69 Å². The van der Waals surface area contributed by atoms with Crippen LogP contribution in [-0.4, -0.2) is 16.6 Å². The molecule has 0 saturated carbocycles. The average Bonchev–Trinajstić information content (AvgIpc) is 2.18. The van der Waals surface area contributed by atoms with Gasteiger partial charge in [0.05, 0.1) is 4.92 Å². The highest BCUT2D eigenvalue weighted by Crippen LogP contribution is 2.19. The maximum Gasteiger partial charge on any atom is 0.269 e. The molecule has 0 aliphatic heterocycles. The van der Waals surface area contributed by atoms with Crippen LogP contribution >= 0.6 is 0 Å². The van der Waals surface area contributed by atoms with Gasteiger partial charge < -0.3 is 10.8 Å². The summed E-state index contributed by atoms with van der Waals surface area (Å²) in [5.74, 6) is 0. The van der Waals surface area contributed by atoms with E-state index in [1.165, 1.54) is 12.1 Å². The lowest BCUT2D eigenvalue weighted by molar-refractivity contribution is -0.384. The maximum absolute atomic E-state index is 10.4. The first-order valence-corrected chi connectivity index (χ1v) is 4.26. The van der Waals surface area contributed by atoms with Gasteiger partial charge >= 0.3 is 0 Å². The number of aliphatic hydroxyl groups excluding tert-OH is 1. The zero-order chi connectivity index (χ0) is 10.6. The van der Waals surface area contributed by atoms with Crippen LogP contribution in [0, 0.1) is 10.1 Å². The monoisotopic (exact) mass is 196 g/mol. The average molecular weight is 196 g/mol. The third kappa shape index (κ3) is 2.51. The summed E-state index contributed by atoms with van der Waals surface area (Å²) in [6.07, 6.45) is 0.404. The number of hydrogen-bond donors (Lipinski definition) is 2. The molecule has 1 atom stereocenters. The molecule has 14 heavy (non-hydrogen) atoms. The zero-order valence-corrected chi connectivity index (χ0v) is 7.59. The number of hydrogen-bond acceptors (Lipinski definition) is 4. The van der Waals surface area contributed by atoms with Crippen LogP contribution in [-0.2, 0) is 0 Å². The minimum Gasteiger partial charge on any atom is -0.396 e. The van der Waals surface area contributed by atoms with Gasteiger partial charge in [-0.15, -0.1) is 0 Å². The number of non-ortho nitro benzene ring substituents is 1. The molecule has 0 aliphatic carbocycles. The normalized spacial score (nSPS) is 12.4. The highest BCUT2D eigenvalue weighted by Gasteiger charge is 2.10. The summed E-state index contributed by atoms with van der Waals surface area (Å²) in [5.41, 5.74) is 6.39. The van der Waals surface area contributed by atoms with Crippen molar-refractivity contribution in [2.75, 3.05) is 6.61 Å². The lowest BCUT2D eigenvalue weighted by Crippen LogP contribution is -2.11. The molecule has 0 fully saturated rings. The molecule has 0 unspecified atom stereocenters. The molecule has 76 valence electrons. The third-order valence-electron chi connectivity index (χ3n) is 1.95. The van der Waals surface area contributed by atoms with Crippen LogP contribution in [0.4, 0.5) is 5.69 Å².